The number of hydrogen-bond acceptors (Lipinski definition) is 2. The van der Waals surface area contributed by atoms with Crippen molar-refractivity contribution in [1.82, 2.24) is 0 Å². The number of halogens is 2. The Bertz CT molecular complexity index is 738. The third-order valence-electron chi connectivity index (χ3n) is 3.08. The molecule has 3 rings (SSSR count). The average Bonchev–Trinajstić information content (AvgIpc) is 2.89. The van der Waals surface area contributed by atoms with Gasteiger partial charge >= 0.3 is 0 Å². The predicted octanol–water partition coefficient (Wildman–Crippen LogP) is 5.40. The molecule has 0 fully saturated rings. The summed E-state index contributed by atoms with van der Waals surface area (Å²) in [6.45, 7) is 0. The number of hydrogen-bond donors (Lipinski definition) is 1. The van der Waals surface area contributed by atoms with Crippen molar-refractivity contribution < 1.29 is 5.11 Å². The topological polar surface area (TPSA) is 20.2 Å². The van der Waals surface area contributed by atoms with Gasteiger partial charge in [0.25, 0.3) is 0 Å². The van der Waals surface area contributed by atoms with Crippen LogP contribution in [0.25, 0.3) is 10.1 Å². The van der Waals surface area contributed by atoms with E-state index in [1.807, 2.05) is 41.8 Å². The molecule has 0 saturated carbocycles. The lowest BCUT2D eigenvalue weighted by atomic mass is 10.0. The van der Waals surface area contributed by atoms with E-state index < -0.39 is 6.10 Å². The highest BCUT2D eigenvalue weighted by molar-refractivity contribution is 9.10. The normalized spacial score (nSPS) is 12.8. The van der Waals surface area contributed by atoms with E-state index in [0.29, 0.717) is 5.02 Å². The number of benzene rings is 2. The van der Waals surface area contributed by atoms with Gasteiger partial charge < -0.3 is 5.11 Å². The van der Waals surface area contributed by atoms with Crippen LogP contribution in [-0.2, 0) is 0 Å². The number of rotatable bonds is 2. The fourth-order valence-corrected chi connectivity index (χ4v) is 3.68. The van der Waals surface area contributed by atoms with Gasteiger partial charge in [0.2, 0.25) is 0 Å². The van der Waals surface area contributed by atoms with Gasteiger partial charge in [-0.3, -0.25) is 0 Å². The van der Waals surface area contributed by atoms with Gasteiger partial charge in [-0.2, -0.15) is 0 Å². The summed E-state index contributed by atoms with van der Waals surface area (Å²) in [5.74, 6) is 0. The Kier molecular flexibility index (Phi) is 3.63. The first-order chi connectivity index (χ1) is 9.18. The minimum Gasteiger partial charge on any atom is -0.384 e. The van der Waals surface area contributed by atoms with Crippen molar-refractivity contribution in [3.8, 4) is 0 Å². The second kappa shape index (κ2) is 5.25. The highest BCUT2D eigenvalue weighted by atomic mass is 79.9. The molecular weight excluding hydrogens is 344 g/mol. The molecule has 1 heterocycles. The number of aliphatic hydroxyl groups excluding tert-OH is 1. The summed E-state index contributed by atoms with van der Waals surface area (Å²) in [6, 6.07) is 13.6. The van der Waals surface area contributed by atoms with Crippen LogP contribution in [0, 0.1) is 0 Å². The number of fused-ring (bicyclic) bond motifs is 1. The lowest BCUT2D eigenvalue weighted by molar-refractivity contribution is 0.222. The van der Waals surface area contributed by atoms with Gasteiger partial charge in [0.05, 0.1) is 5.02 Å². The molecule has 4 heteroatoms. The second-order valence-electron chi connectivity index (χ2n) is 4.23. The van der Waals surface area contributed by atoms with E-state index in [0.717, 1.165) is 25.7 Å². The summed E-state index contributed by atoms with van der Waals surface area (Å²) >= 11 is 11.3. The van der Waals surface area contributed by atoms with Crippen LogP contribution >= 0.6 is 38.9 Å². The van der Waals surface area contributed by atoms with Crippen molar-refractivity contribution in [3.05, 3.63) is 68.5 Å². The van der Waals surface area contributed by atoms with Crippen LogP contribution in [-0.4, -0.2) is 5.11 Å². The first-order valence-electron chi connectivity index (χ1n) is 5.76. The summed E-state index contributed by atoms with van der Waals surface area (Å²) in [6.07, 6.45) is -0.715. The molecule has 0 amide bonds. The van der Waals surface area contributed by atoms with E-state index >= 15 is 0 Å². The molecule has 3 aromatic rings. The minimum absolute atomic E-state index is 0.559. The van der Waals surface area contributed by atoms with Crippen molar-refractivity contribution >= 4 is 49.0 Å². The zero-order chi connectivity index (χ0) is 13.4. The molecule has 1 unspecified atom stereocenters. The Morgan fingerprint density at radius 3 is 2.63 bits per heavy atom. The van der Waals surface area contributed by atoms with E-state index in [9.17, 15) is 5.11 Å². The third-order valence-corrected chi connectivity index (χ3v) is 5.37. The molecule has 0 aliphatic rings. The van der Waals surface area contributed by atoms with Crippen molar-refractivity contribution in [2.45, 2.75) is 6.10 Å². The van der Waals surface area contributed by atoms with Gasteiger partial charge in [0, 0.05) is 20.3 Å². The molecule has 1 atom stereocenters. The predicted molar refractivity (Wildman–Crippen MR) is 85.0 cm³/mol. The van der Waals surface area contributed by atoms with Crippen LogP contribution < -0.4 is 0 Å². The second-order valence-corrected chi connectivity index (χ2v) is 6.38. The number of aliphatic hydroxyl groups is 1. The van der Waals surface area contributed by atoms with Gasteiger partial charge in [0.15, 0.2) is 0 Å². The van der Waals surface area contributed by atoms with Crippen LogP contribution in [0.15, 0.2) is 52.3 Å². The maximum Gasteiger partial charge on any atom is 0.107 e. The minimum atomic E-state index is -0.715. The first-order valence-corrected chi connectivity index (χ1v) is 7.81. The summed E-state index contributed by atoms with van der Waals surface area (Å²) in [4.78, 5) is 0. The van der Waals surface area contributed by atoms with Crippen LogP contribution in [0.2, 0.25) is 5.02 Å². The third kappa shape index (κ3) is 2.32. The Hall–Kier alpha value is -0.870. The quantitative estimate of drug-likeness (QED) is 0.654. The molecule has 1 aromatic heterocycles. The Balaban J connectivity index is 2.16. The molecule has 1 nitrogen and oxygen atoms in total. The molecule has 0 saturated heterocycles. The van der Waals surface area contributed by atoms with Crippen molar-refractivity contribution in [1.29, 1.82) is 0 Å². The van der Waals surface area contributed by atoms with Crippen LogP contribution in [0.5, 0.6) is 0 Å². The molecule has 19 heavy (non-hydrogen) atoms. The zero-order valence-corrected chi connectivity index (χ0v) is 13.0. The van der Waals surface area contributed by atoms with E-state index in [4.69, 9.17) is 11.6 Å². The lowest BCUT2D eigenvalue weighted by Crippen LogP contribution is -2.00. The molecule has 0 spiro atoms. The fourth-order valence-electron chi connectivity index (χ4n) is 2.13. The summed E-state index contributed by atoms with van der Waals surface area (Å²) < 4.78 is 1.90. The summed E-state index contributed by atoms with van der Waals surface area (Å²) in [5.41, 5.74) is 1.62. The van der Waals surface area contributed by atoms with Gasteiger partial charge in [-0.05, 0) is 38.8 Å². The van der Waals surface area contributed by atoms with Gasteiger partial charge in [-0.1, -0.05) is 41.9 Å². The highest BCUT2D eigenvalue weighted by Crippen LogP contribution is 2.37. The standard InChI is InChI=1S/C15H10BrClOS/c16-12-6-2-4-10(13(12)17)14(18)11-5-1-3-9-7-8-19-15(9)11/h1-8,14,18H. The average molecular weight is 354 g/mol. The van der Waals surface area contributed by atoms with Gasteiger partial charge in [-0.15, -0.1) is 11.3 Å². The molecule has 0 aliphatic heterocycles. The fraction of sp³-hybridized carbons (Fsp3) is 0.0667. The molecule has 2 aromatic carbocycles. The van der Waals surface area contributed by atoms with Crippen LogP contribution in [0.1, 0.15) is 17.2 Å². The maximum absolute atomic E-state index is 10.6. The largest absolute Gasteiger partial charge is 0.384 e. The van der Waals surface area contributed by atoms with E-state index in [1.165, 1.54) is 0 Å². The van der Waals surface area contributed by atoms with Crippen molar-refractivity contribution in [2.75, 3.05) is 0 Å². The zero-order valence-electron chi connectivity index (χ0n) is 9.81. The van der Waals surface area contributed by atoms with Crippen LogP contribution in [0.3, 0.4) is 0 Å². The van der Waals surface area contributed by atoms with Gasteiger partial charge in [0.1, 0.15) is 6.10 Å². The Labute approximate surface area is 128 Å². The lowest BCUT2D eigenvalue weighted by Gasteiger charge is -2.14. The Morgan fingerprint density at radius 1 is 1.05 bits per heavy atom. The van der Waals surface area contributed by atoms with Crippen LogP contribution in [0.4, 0.5) is 0 Å². The first kappa shape index (κ1) is 13.1. The molecular formula is C15H10BrClOS. The van der Waals surface area contributed by atoms with E-state index in [2.05, 4.69) is 22.0 Å². The van der Waals surface area contributed by atoms with E-state index in [-0.39, 0.29) is 0 Å². The van der Waals surface area contributed by atoms with E-state index in [1.54, 1.807) is 11.3 Å². The van der Waals surface area contributed by atoms with Crippen molar-refractivity contribution in [2.24, 2.45) is 0 Å². The summed E-state index contributed by atoms with van der Waals surface area (Å²) in [5, 5.41) is 14.4. The van der Waals surface area contributed by atoms with Crippen molar-refractivity contribution in [3.63, 3.8) is 0 Å². The SMILES string of the molecule is OC(c1cccc(Br)c1Cl)c1cccc2ccsc12. The number of thiophene rings is 1. The molecule has 96 valence electrons. The Morgan fingerprint density at radius 2 is 1.79 bits per heavy atom. The molecule has 1 N–H and O–H groups in total. The smallest absolute Gasteiger partial charge is 0.107 e. The molecule has 0 bridgehead atoms. The van der Waals surface area contributed by atoms with Gasteiger partial charge in [-0.25, -0.2) is 0 Å². The monoisotopic (exact) mass is 352 g/mol. The molecule has 0 radical (unpaired) electrons. The molecule has 0 aliphatic carbocycles. The maximum atomic E-state index is 10.6. The summed E-state index contributed by atoms with van der Waals surface area (Å²) in [7, 11) is 0. The highest BCUT2D eigenvalue weighted by Gasteiger charge is 2.18.